The Morgan fingerprint density at radius 2 is 2.22 bits per heavy atom. The Bertz CT molecular complexity index is 540. The summed E-state index contributed by atoms with van der Waals surface area (Å²) in [6.45, 7) is 0. The molecule has 3 nitrogen and oxygen atoms in total. The van der Waals surface area contributed by atoms with Crippen LogP contribution in [0, 0.1) is 0 Å². The molecule has 0 bridgehead atoms. The van der Waals surface area contributed by atoms with Gasteiger partial charge in [0.1, 0.15) is 0 Å². The number of hydrogen-bond donors (Lipinski definition) is 1. The van der Waals surface area contributed by atoms with Crippen molar-refractivity contribution in [1.82, 2.24) is 9.36 Å². The minimum atomic E-state index is 0.627. The van der Waals surface area contributed by atoms with E-state index in [0.717, 1.165) is 26.6 Å². The van der Waals surface area contributed by atoms with E-state index in [9.17, 15) is 0 Å². The van der Waals surface area contributed by atoms with Crippen LogP contribution in [0.4, 0.5) is 5.13 Å². The second-order valence-electron chi connectivity index (χ2n) is 4.15. The Kier molecular flexibility index (Phi) is 3.72. The lowest BCUT2D eigenvalue weighted by Crippen LogP contribution is -1.99. The van der Waals surface area contributed by atoms with E-state index in [1.807, 2.05) is 24.3 Å². The molecular weight excluding hydrogens is 286 g/mol. The van der Waals surface area contributed by atoms with Gasteiger partial charge in [-0.2, -0.15) is 4.37 Å². The normalized spacial score (nSPS) is 14.7. The molecule has 2 aromatic rings. The molecular formula is C12H12ClN3S2. The number of halogens is 1. The van der Waals surface area contributed by atoms with Gasteiger partial charge >= 0.3 is 0 Å². The van der Waals surface area contributed by atoms with E-state index in [2.05, 4.69) is 14.7 Å². The Hall–Kier alpha value is -0.780. The first-order valence-corrected chi connectivity index (χ1v) is 7.91. The zero-order valence-corrected chi connectivity index (χ0v) is 12.0. The van der Waals surface area contributed by atoms with E-state index in [4.69, 9.17) is 11.6 Å². The van der Waals surface area contributed by atoms with Gasteiger partial charge < -0.3 is 5.32 Å². The molecule has 1 aromatic carbocycles. The summed E-state index contributed by atoms with van der Waals surface area (Å²) in [6, 6.07) is 8.47. The van der Waals surface area contributed by atoms with E-state index < -0.39 is 0 Å². The van der Waals surface area contributed by atoms with E-state index in [1.165, 1.54) is 24.4 Å². The first kappa shape index (κ1) is 12.3. The number of rotatable bonds is 5. The van der Waals surface area contributed by atoms with Crippen molar-refractivity contribution in [3.05, 3.63) is 35.1 Å². The van der Waals surface area contributed by atoms with Gasteiger partial charge in [-0.3, -0.25) is 0 Å². The van der Waals surface area contributed by atoms with E-state index in [-0.39, 0.29) is 0 Å². The smallest absolute Gasteiger partial charge is 0.202 e. The highest BCUT2D eigenvalue weighted by Gasteiger charge is 2.22. The molecule has 1 aromatic heterocycles. The maximum absolute atomic E-state index is 6.10. The molecule has 0 spiro atoms. The van der Waals surface area contributed by atoms with Crippen molar-refractivity contribution in [2.45, 2.75) is 29.5 Å². The molecule has 1 fully saturated rings. The average molecular weight is 298 g/mol. The lowest BCUT2D eigenvalue weighted by atomic mass is 10.4. The second-order valence-corrected chi connectivity index (χ2v) is 6.33. The van der Waals surface area contributed by atoms with E-state index in [1.54, 1.807) is 11.8 Å². The molecule has 0 unspecified atom stereocenters. The van der Waals surface area contributed by atoms with Gasteiger partial charge in [-0.1, -0.05) is 23.7 Å². The predicted octanol–water partition coefficient (Wildman–Crippen LogP) is 4.06. The molecule has 0 radical (unpaired) electrons. The third kappa shape index (κ3) is 3.16. The second kappa shape index (κ2) is 5.47. The third-order valence-corrected chi connectivity index (χ3v) is 4.76. The van der Waals surface area contributed by atoms with Crippen LogP contribution >= 0.6 is 34.9 Å². The molecule has 0 saturated heterocycles. The van der Waals surface area contributed by atoms with Crippen molar-refractivity contribution >= 4 is 40.0 Å². The van der Waals surface area contributed by atoms with Crippen LogP contribution in [0.2, 0.25) is 5.02 Å². The fourth-order valence-electron chi connectivity index (χ4n) is 1.48. The van der Waals surface area contributed by atoms with Crippen molar-refractivity contribution in [2.24, 2.45) is 0 Å². The number of thioether (sulfide) groups is 1. The molecule has 18 heavy (non-hydrogen) atoms. The van der Waals surface area contributed by atoms with Crippen LogP contribution in [-0.2, 0) is 5.75 Å². The maximum atomic E-state index is 6.10. The minimum absolute atomic E-state index is 0.627. The van der Waals surface area contributed by atoms with Crippen molar-refractivity contribution in [3.63, 3.8) is 0 Å². The molecule has 0 atom stereocenters. The summed E-state index contributed by atoms with van der Waals surface area (Å²) in [5.41, 5.74) is 0. The fraction of sp³-hybridized carbons (Fsp3) is 0.333. The van der Waals surface area contributed by atoms with Gasteiger partial charge in [-0.25, -0.2) is 4.98 Å². The molecule has 1 saturated carbocycles. The lowest BCUT2D eigenvalue weighted by molar-refractivity contribution is 1.09. The average Bonchev–Trinajstić information content (AvgIpc) is 3.06. The summed E-state index contributed by atoms with van der Waals surface area (Å²) < 4.78 is 4.35. The molecule has 6 heteroatoms. The topological polar surface area (TPSA) is 37.8 Å². The molecule has 1 aliphatic rings. The van der Waals surface area contributed by atoms with E-state index in [0.29, 0.717) is 6.04 Å². The van der Waals surface area contributed by atoms with Crippen LogP contribution < -0.4 is 5.32 Å². The first-order valence-electron chi connectivity index (χ1n) is 5.78. The zero-order chi connectivity index (χ0) is 12.4. The Balaban J connectivity index is 1.59. The molecule has 1 aliphatic carbocycles. The molecule has 1 heterocycles. The number of hydrogen-bond acceptors (Lipinski definition) is 5. The summed E-state index contributed by atoms with van der Waals surface area (Å²) in [5.74, 6) is 1.63. The monoisotopic (exact) mass is 297 g/mol. The van der Waals surface area contributed by atoms with Crippen molar-refractivity contribution in [3.8, 4) is 0 Å². The summed E-state index contributed by atoms with van der Waals surface area (Å²) in [7, 11) is 0. The summed E-state index contributed by atoms with van der Waals surface area (Å²) in [5, 5.41) is 5.08. The van der Waals surface area contributed by atoms with Crippen LogP contribution in [0.5, 0.6) is 0 Å². The summed E-state index contributed by atoms with van der Waals surface area (Å²) >= 11 is 9.21. The van der Waals surface area contributed by atoms with Gasteiger partial charge in [-0.15, -0.1) is 11.8 Å². The van der Waals surface area contributed by atoms with Gasteiger partial charge in [0.05, 0.1) is 10.8 Å². The largest absolute Gasteiger partial charge is 0.358 e. The fourth-order valence-corrected chi connectivity index (χ4v) is 3.32. The highest BCUT2D eigenvalue weighted by atomic mass is 35.5. The highest BCUT2D eigenvalue weighted by Crippen LogP contribution is 2.30. The molecule has 1 N–H and O–H groups in total. The number of nitrogens with one attached hydrogen (secondary N) is 1. The highest BCUT2D eigenvalue weighted by molar-refractivity contribution is 7.98. The van der Waals surface area contributed by atoms with Crippen LogP contribution in [0.3, 0.4) is 0 Å². The van der Waals surface area contributed by atoms with Crippen LogP contribution in [0.1, 0.15) is 18.7 Å². The quantitative estimate of drug-likeness (QED) is 0.845. The standard InChI is InChI=1S/C12H12ClN3S2/c13-9-3-1-2-4-10(9)17-7-11-15-12(18-16-11)14-8-5-6-8/h1-4,8H,5-7H2,(H,14,15,16). The SMILES string of the molecule is Clc1ccccc1SCc1nsc(NC2CC2)n1. The lowest BCUT2D eigenvalue weighted by Gasteiger charge is -2.00. The van der Waals surface area contributed by atoms with Gasteiger partial charge in [0.15, 0.2) is 5.82 Å². The summed E-state index contributed by atoms with van der Waals surface area (Å²) in [6.07, 6.45) is 2.51. The number of anilines is 1. The van der Waals surface area contributed by atoms with E-state index >= 15 is 0 Å². The summed E-state index contributed by atoms with van der Waals surface area (Å²) in [4.78, 5) is 5.54. The Morgan fingerprint density at radius 3 is 3.00 bits per heavy atom. The number of benzene rings is 1. The predicted molar refractivity (Wildman–Crippen MR) is 77.6 cm³/mol. The number of nitrogens with zero attached hydrogens (tertiary/aromatic N) is 2. The molecule has 3 rings (SSSR count). The van der Waals surface area contributed by atoms with Gasteiger partial charge in [-0.05, 0) is 25.0 Å². The van der Waals surface area contributed by atoms with Crippen LogP contribution in [-0.4, -0.2) is 15.4 Å². The van der Waals surface area contributed by atoms with Gasteiger partial charge in [0.25, 0.3) is 0 Å². The van der Waals surface area contributed by atoms with Gasteiger partial charge in [0.2, 0.25) is 5.13 Å². The Morgan fingerprint density at radius 1 is 1.39 bits per heavy atom. The number of aromatic nitrogens is 2. The van der Waals surface area contributed by atoms with Crippen molar-refractivity contribution < 1.29 is 0 Å². The van der Waals surface area contributed by atoms with Crippen molar-refractivity contribution in [1.29, 1.82) is 0 Å². The van der Waals surface area contributed by atoms with Crippen molar-refractivity contribution in [2.75, 3.05) is 5.32 Å². The van der Waals surface area contributed by atoms with Gasteiger partial charge in [0, 0.05) is 22.5 Å². The molecule has 94 valence electrons. The molecule has 0 aliphatic heterocycles. The van der Waals surface area contributed by atoms with Crippen LogP contribution in [0.15, 0.2) is 29.2 Å². The maximum Gasteiger partial charge on any atom is 0.202 e. The Labute approximate surface area is 119 Å². The van der Waals surface area contributed by atoms with Crippen LogP contribution in [0.25, 0.3) is 0 Å². The minimum Gasteiger partial charge on any atom is -0.358 e. The first-order chi connectivity index (χ1) is 8.81. The molecule has 0 amide bonds. The third-order valence-electron chi connectivity index (χ3n) is 2.57. The zero-order valence-electron chi connectivity index (χ0n) is 9.60.